The number of nitrogens with zero attached hydrogens (tertiary/aromatic N) is 2. The van der Waals surface area contributed by atoms with Crippen LogP contribution < -0.4 is 10.6 Å². The molecule has 3 heteroatoms. The van der Waals surface area contributed by atoms with Crippen molar-refractivity contribution in [3.63, 3.8) is 0 Å². The van der Waals surface area contributed by atoms with Gasteiger partial charge in [0.1, 0.15) is 0 Å². The molecular formula is C24H29N2P. The summed E-state index contributed by atoms with van der Waals surface area (Å²) in [4.78, 5) is 7.43. The molecule has 0 fully saturated rings. The fourth-order valence-electron chi connectivity index (χ4n) is 3.72. The Bertz CT molecular complexity index is 756. The van der Waals surface area contributed by atoms with Crippen molar-refractivity contribution in [1.82, 2.24) is 9.88 Å². The normalized spacial score (nSPS) is 12.9. The van der Waals surface area contributed by atoms with Crippen LogP contribution in [-0.2, 0) is 0 Å². The van der Waals surface area contributed by atoms with Crippen molar-refractivity contribution >= 4 is 18.5 Å². The van der Waals surface area contributed by atoms with E-state index in [0.717, 1.165) is 5.69 Å². The zero-order valence-corrected chi connectivity index (χ0v) is 17.6. The van der Waals surface area contributed by atoms with Crippen molar-refractivity contribution in [2.75, 3.05) is 0 Å². The molecule has 0 spiro atoms. The van der Waals surface area contributed by atoms with Gasteiger partial charge in [-0.2, -0.15) is 0 Å². The maximum atomic E-state index is 4.81. The van der Waals surface area contributed by atoms with Crippen molar-refractivity contribution in [1.29, 1.82) is 0 Å². The predicted octanol–water partition coefficient (Wildman–Crippen LogP) is 5.33. The van der Waals surface area contributed by atoms with Gasteiger partial charge in [0.25, 0.3) is 0 Å². The minimum atomic E-state index is -0.631. The topological polar surface area (TPSA) is 16.1 Å². The highest BCUT2D eigenvalue weighted by Crippen LogP contribution is 2.52. The third-order valence-electron chi connectivity index (χ3n) is 4.74. The minimum absolute atomic E-state index is 0.228. The van der Waals surface area contributed by atoms with Gasteiger partial charge in [0.05, 0.1) is 11.5 Å². The van der Waals surface area contributed by atoms with Gasteiger partial charge in [0.2, 0.25) is 0 Å². The number of aromatic nitrogens is 1. The lowest BCUT2D eigenvalue weighted by Crippen LogP contribution is -2.42. The zero-order chi connectivity index (χ0) is 19.2. The first-order valence-electron chi connectivity index (χ1n) is 9.67. The van der Waals surface area contributed by atoms with Crippen molar-refractivity contribution in [3.05, 3.63) is 90.8 Å². The summed E-state index contributed by atoms with van der Waals surface area (Å²) in [5, 5.41) is 2.78. The second-order valence-electron chi connectivity index (χ2n) is 7.30. The highest BCUT2D eigenvalue weighted by atomic mass is 31.1. The molecule has 1 aromatic heterocycles. The van der Waals surface area contributed by atoms with Gasteiger partial charge in [-0.15, -0.1) is 0 Å². The van der Waals surface area contributed by atoms with E-state index in [2.05, 4.69) is 105 Å². The van der Waals surface area contributed by atoms with E-state index in [0.29, 0.717) is 12.1 Å². The molecule has 1 heterocycles. The highest BCUT2D eigenvalue weighted by molar-refractivity contribution is 7.73. The monoisotopic (exact) mass is 376 g/mol. The van der Waals surface area contributed by atoms with Gasteiger partial charge < -0.3 is 0 Å². The third kappa shape index (κ3) is 4.64. The van der Waals surface area contributed by atoms with Crippen LogP contribution in [0, 0.1) is 0 Å². The second-order valence-corrected chi connectivity index (χ2v) is 9.57. The lowest BCUT2D eigenvalue weighted by Gasteiger charge is -2.42. The number of hydrogen-bond acceptors (Lipinski definition) is 2. The molecule has 0 radical (unpaired) electrons. The van der Waals surface area contributed by atoms with E-state index >= 15 is 0 Å². The Kier molecular flexibility index (Phi) is 6.77. The first-order chi connectivity index (χ1) is 13.1. The fraction of sp³-hybridized carbons (Fsp3) is 0.292. The summed E-state index contributed by atoms with van der Waals surface area (Å²) < 4.78 is 0. The molecule has 2 aromatic carbocycles. The van der Waals surface area contributed by atoms with Crippen LogP contribution in [-0.4, -0.2) is 22.0 Å². The molecule has 2 nitrogen and oxygen atoms in total. The molecule has 0 aliphatic heterocycles. The molecule has 3 rings (SSSR count). The van der Waals surface area contributed by atoms with Crippen LogP contribution in [0.5, 0.6) is 0 Å². The number of benzene rings is 2. The predicted molar refractivity (Wildman–Crippen MR) is 118 cm³/mol. The van der Waals surface area contributed by atoms with Crippen LogP contribution in [0.4, 0.5) is 0 Å². The standard InChI is InChI=1S/C24H29N2P/c1-19(2)26(20(3)4)24(23-17-11-12-18-25-23)27(21-13-7-5-8-14-21)22-15-9-6-10-16-22/h5-20,24H,1-4H3. The van der Waals surface area contributed by atoms with Gasteiger partial charge in [-0.1, -0.05) is 66.7 Å². The summed E-state index contributed by atoms with van der Waals surface area (Å²) in [5.74, 6) is 0.228. The van der Waals surface area contributed by atoms with Gasteiger partial charge in [-0.3, -0.25) is 9.88 Å². The summed E-state index contributed by atoms with van der Waals surface area (Å²) in [6.07, 6.45) is 1.92. The van der Waals surface area contributed by atoms with Gasteiger partial charge >= 0.3 is 0 Å². The van der Waals surface area contributed by atoms with Crippen LogP contribution >= 0.6 is 7.92 Å². The molecular weight excluding hydrogens is 347 g/mol. The lowest BCUT2D eigenvalue weighted by molar-refractivity contribution is 0.156. The minimum Gasteiger partial charge on any atom is -0.286 e. The average Bonchev–Trinajstić information content (AvgIpc) is 2.69. The van der Waals surface area contributed by atoms with Crippen molar-refractivity contribution in [2.24, 2.45) is 0 Å². The van der Waals surface area contributed by atoms with Gasteiger partial charge in [0, 0.05) is 18.3 Å². The molecule has 0 aliphatic carbocycles. The van der Waals surface area contributed by atoms with E-state index < -0.39 is 7.92 Å². The molecule has 0 saturated heterocycles. The summed E-state index contributed by atoms with van der Waals surface area (Å²) in [5.41, 5.74) is 1.15. The van der Waals surface area contributed by atoms with E-state index in [-0.39, 0.29) is 5.78 Å². The summed E-state index contributed by atoms with van der Waals surface area (Å²) in [6.45, 7) is 9.16. The molecule has 1 atom stereocenters. The van der Waals surface area contributed by atoms with Crippen molar-refractivity contribution in [3.8, 4) is 0 Å². The summed E-state index contributed by atoms with van der Waals surface area (Å²) in [7, 11) is -0.631. The molecule has 0 bridgehead atoms. The second kappa shape index (κ2) is 9.26. The largest absolute Gasteiger partial charge is 0.286 e. The van der Waals surface area contributed by atoms with Gasteiger partial charge in [0.15, 0.2) is 0 Å². The highest BCUT2D eigenvalue weighted by Gasteiger charge is 2.34. The third-order valence-corrected chi connectivity index (χ3v) is 7.47. The molecule has 140 valence electrons. The first kappa shape index (κ1) is 19.7. The molecule has 0 aliphatic rings. The SMILES string of the molecule is CC(C)N(C(C)C)C(c1ccccn1)P(c1ccccc1)c1ccccc1. The summed E-state index contributed by atoms with van der Waals surface area (Å²) in [6, 6.07) is 29.0. The molecule has 3 aromatic rings. The van der Waals surface area contributed by atoms with E-state index in [1.54, 1.807) is 0 Å². The van der Waals surface area contributed by atoms with Crippen LogP contribution in [0.2, 0.25) is 0 Å². The van der Waals surface area contributed by atoms with E-state index in [1.165, 1.54) is 10.6 Å². The quantitative estimate of drug-likeness (QED) is 0.518. The smallest absolute Gasteiger partial charge is 0.0808 e. The molecule has 0 saturated carbocycles. The Balaban J connectivity index is 2.22. The van der Waals surface area contributed by atoms with Gasteiger partial charge in [-0.25, -0.2) is 0 Å². The van der Waals surface area contributed by atoms with Crippen LogP contribution in [0.3, 0.4) is 0 Å². The van der Waals surface area contributed by atoms with Crippen LogP contribution in [0.1, 0.15) is 39.2 Å². The molecule has 1 unspecified atom stereocenters. The van der Waals surface area contributed by atoms with E-state index in [1.807, 2.05) is 12.3 Å². The average molecular weight is 376 g/mol. The Morgan fingerprint density at radius 3 is 1.56 bits per heavy atom. The first-order valence-corrected chi connectivity index (χ1v) is 11.1. The fourth-order valence-corrected chi connectivity index (χ4v) is 6.78. The lowest BCUT2D eigenvalue weighted by atomic mass is 10.2. The number of hydrogen-bond donors (Lipinski definition) is 0. The number of rotatable bonds is 7. The van der Waals surface area contributed by atoms with Gasteiger partial charge in [-0.05, 0) is 58.4 Å². The van der Waals surface area contributed by atoms with Crippen molar-refractivity contribution in [2.45, 2.75) is 45.6 Å². The van der Waals surface area contributed by atoms with E-state index in [9.17, 15) is 0 Å². The molecule has 27 heavy (non-hydrogen) atoms. The maximum Gasteiger partial charge on any atom is 0.0808 e. The maximum absolute atomic E-state index is 4.81. The van der Waals surface area contributed by atoms with Crippen molar-refractivity contribution < 1.29 is 0 Å². The van der Waals surface area contributed by atoms with Crippen LogP contribution in [0.25, 0.3) is 0 Å². The van der Waals surface area contributed by atoms with E-state index in [4.69, 9.17) is 4.98 Å². The number of pyridine rings is 1. The Hall–Kier alpha value is -2.02. The molecule has 0 amide bonds. The Labute approximate surface area is 165 Å². The zero-order valence-electron chi connectivity index (χ0n) is 16.7. The summed E-state index contributed by atoms with van der Waals surface area (Å²) >= 11 is 0. The molecule has 0 N–H and O–H groups in total. The van der Waals surface area contributed by atoms with Crippen LogP contribution in [0.15, 0.2) is 85.1 Å². The Morgan fingerprint density at radius 2 is 1.15 bits per heavy atom. The Morgan fingerprint density at radius 1 is 0.667 bits per heavy atom.